The zero-order valence-corrected chi connectivity index (χ0v) is 19.8. The van der Waals surface area contributed by atoms with E-state index in [0.717, 1.165) is 42.9 Å². The number of aryl methyl sites for hydroxylation is 1. The summed E-state index contributed by atoms with van der Waals surface area (Å²) in [7, 11) is 1.78. The SMILES string of the molecule is Cn1ncc2ccc([C@@H](O)[C@@H](CN3CCCC3)NC(=O)C(F)(F)c3cc4cc(Cl)ccc4o3)cc21. The summed E-state index contributed by atoms with van der Waals surface area (Å²) in [5.74, 6) is -6.26. The molecule has 2 aromatic heterocycles. The minimum absolute atomic E-state index is 0.204. The third kappa shape index (κ3) is 4.63. The number of aliphatic hydroxyl groups is 1. The van der Waals surface area contributed by atoms with Gasteiger partial charge in [0.2, 0.25) is 0 Å². The number of likely N-dealkylation sites (tertiary alicyclic amines) is 1. The van der Waals surface area contributed by atoms with Gasteiger partial charge in [0.05, 0.1) is 17.8 Å². The number of aromatic nitrogens is 2. The van der Waals surface area contributed by atoms with Gasteiger partial charge in [0.1, 0.15) is 11.7 Å². The molecule has 0 bridgehead atoms. The first-order valence-electron chi connectivity index (χ1n) is 11.4. The van der Waals surface area contributed by atoms with Crippen LogP contribution in [0, 0.1) is 0 Å². The van der Waals surface area contributed by atoms with Gasteiger partial charge in [-0.25, -0.2) is 0 Å². The zero-order valence-electron chi connectivity index (χ0n) is 19.0. The van der Waals surface area contributed by atoms with E-state index in [2.05, 4.69) is 15.3 Å². The second-order valence-corrected chi connectivity index (χ2v) is 9.42. The summed E-state index contributed by atoms with van der Waals surface area (Å²) in [6.07, 6.45) is 2.46. The predicted octanol–water partition coefficient (Wildman–Crippen LogP) is 4.38. The zero-order chi connectivity index (χ0) is 24.7. The van der Waals surface area contributed by atoms with Gasteiger partial charge in [-0.1, -0.05) is 23.7 Å². The highest BCUT2D eigenvalue weighted by Crippen LogP contribution is 2.34. The number of hydrogen-bond acceptors (Lipinski definition) is 5. The number of nitrogens with one attached hydrogen (secondary N) is 1. The van der Waals surface area contributed by atoms with Crippen LogP contribution in [0.15, 0.2) is 53.1 Å². The van der Waals surface area contributed by atoms with Gasteiger partial charge in [-0.3, -0.25) is 9.48 Å². The van der Waals surface area contributed by atoms with E-state index in [4.69, 9.17) is 16.0 Å². The van der Waals surface area contributed by atoms with Crippen LogP contribution in [0.3, 0.4) is 0 Å². The van der Waals surface area contributed by atoms with Crippen molar-refractivity contribution >= 4 is 39.4 Å². The molecule has 2 N–H and O–H groups in total. The molecule has 1 fully saturated rings. The highest BCUT2D eigenvalue weighted by Gasteiger charge is 2.46. The quantitative estimate of drug-likeness (QED) is 0.392. The van der Waals surface area contributed by atoms with Gasteiger partial charge in [-0.2, -0.15) is 13.9 Å². The lowest BCUT2D eigenvalue weighted by Crippen LogP contribution is -2.50. The number of carbonyl (C=O) groups excluding carboxylic acids is 1. The first kappa shape index (κ1) is 23.7. The van der Waals surface area contributed by atoms with Crippen LogP contribution in [0.5, 0.6) is 0 Å². The van der Waals surface area contributed by atoms with Gasteiger partial charge in [0.15, 0.2) is 5.76 Å². The van der Waals surface area contributed by atoms with E-state index >= 15 is 8.78 Å². The molecule has 1 aliphatic heterocycles. The maximum absolute atomic E-state index is 15.2. The molecular weight excluding hydrogens is 478 g/mol. The van der Waals surface area contributed by atoms with Crippen molar-refractivity contribution in [1.29, 1.82) is 0 Å². The molecule has 0 unspecified atom stereocenters. The average molecular weight is 503 g/mol. The highest BCUT2D eigenvalue weighted by molar-refractivity contribution is 6.31. The van der Waals surface area contributed by atoms with Gasteiger partial charge in [-0.05, 0) is 61.8 Å². The van der Waals surface area contributed by atoms with Gasteiger partial charge >= 0.3 is 5.92 Å². The Morgan fingerprint density at radius 2 is 1.97 bits per heavy atom. The Bertz CT molecular complexity index is 1380. The van der Waals surface area contributed by atoms with Crippen molar-refractivity contribution in [2.45, 2.75) is 30.9 Å². The van der Waals surface area contributed by atoms with Crippen molar-refractivity contribution in [2.24, 2.45) is 7.05 Å². The number of aliphatic hydroxyl groups excluding tert-OH is 1. The summed E-state index contributed by atoms with van der Waals surface area (Å²) >= 11 is 5.94. The number of amides is 1. The average Bonchev–Trinajstić information content (AvgIpc) is 3.58. The molecule has 2 aromatic carbocycles. The number of furan rings is 1. The van der Waals surface area contributed by atoms with Crippen LogP contribution in [0.2, 0.25) is 5.02 Å². The van der Waals surface area contributed by atoms with E-state index in [-0.39, 0.29) is 12.1 Å². The third-order valence-electron chi connectivity index (χ3n) is 6.54. The van der Waals surface area contributed by atoms with Crippen molar-refractivity contribution in [3.63, 3.8) is 0 Å². The lowest BCUT2D eigenvalue weighted by Gasteiger charge is -2.29. The first-order valence-corrected chi connectivity index (χ1v) is 11.8. The smallest absolute Gasteiger partial charge is 0.380 e. The van der Waals surface area contributed by atoms with Gasteiger partial charge in [-0.15, -0.1) is 0 Å². The predicted molar refractivity (Wildman–Crippen MR) is 128 cm³/mol. The molecular formula is C25H25ClF2N4O3. The van der Waals surface area contributed by atoms with Crippen LogP contribution in [-0.4, -0.2) is 51.4 Å². The van der Waals surface area contributed by atoms with Crippen LogP contribution in [0.25, 0.3) is 21.9 Å². The Hall–Kier alpha value is -3.01. The largest absolute Gasteiger partial charge is 0.454 e. The number of nitrogens with zero attached hydrogens (tertiary/aromatic N) is 3. The first-order chi connectivity index (χ1) is 16.7. The summed E-state index contributed by atoms with van der Waals surface area (Å²) in [6.45, 7) is 1.79. The summed E-state index contributed by atoms with van der Waals surface area (Å²) in [5, 5.41) is 19.4. The topological polar surface area (TPSA) is 83.5 Å². The van der Waals surface area contributed by atoms with Crippen LogP contribution in [0.4, 0.5) is 8.78 Å². The number of alkyl halides is 2. The van der Waals surface area contributed by atoms with Crippen molar-refractivity contribution in [2.75, 3.05) is 19.6 Å². The lowest BCUT2D eigenvalue weighted by molar-refractivity contribution is -0.151. The Kier molecular flexibility index (Phi) is 6.25. The summed E-state index contributed by atoms with van der Waals surface area (Å²) in [5.41, 5.74) is 1.50. The molecule has 0 aliphatic carbocycles. The number of rotatable bonds is 7. The monoisotopic (exact) mass is 502 g/mol. The molecule has 4 aromatic rings. The maximum atomic E-state index is 15.2. The molecule has 1 saturated heterocycles. The van der Waals surface area contributed by atoms with E-state index in [9.17, 15) is 9.90 Å². The molecule has 7 nitrogen and oxygen atoms in total. The molecule has 2 atom stereocenters. The summed E-state index contributed by atoms with van der Waals surface area (Å²) in [6, 6.07) is 9.94. The maximum Gasteiger partial charge on any atom is 0.380 e. The van der Waals surface area contributed by atoms with Gasteiger partial charge < -0.3 is 19.7 Å². The van der Waals surface area contributed by atoms with Crippen molar-refractivity contribution in [3.05, 3.63) is 65.0 Å². The van der Waals surface area contributed by atoms with Crippen LogP contribution in [-0.2, 0) is 17.8 Å². The molecule has 3 heterocycles. The Morgan fingerprint density at radius 3 is 2.74 bits per heavy atom. The van der Waals surface area contributed by atoms with Gasteiger partial charge in [0.25, 0.3) is 5.91 Å². The molecule has 184 valence electrons. The highest BCUT2D eigenvalue weighted by atomic mass is 35.5. The van der Waals surface area contributed by atoms with Crippen molar-refractivity contribution in [1.82, 2.24) is 20.0 Å². The molecule has 35 heavy (non-hydrogen) atoms. The van der Waals surface area contributed by atoms with Gasteiger partial charge in [0, 0.05) is 29.4 Å². The molecule has 10 heteroatoms. The fourth-order valence-corrected chi connectivity index (χ4v) is 4.77. The van der Waals surface area contributed by atoms with Crippen molar-refractivity contribution in [3.8, 4) is 0 Å². The Labute approximate surface area is 205 Å². The minimum Gasteiger partial charge on any atom is -0.454 e. The van der Waals surface area contributed by atoms with E-state index in [1.165, 1.54) is 18.2 Å². The number of fused-ring (bicyclic) bond motifs is 2. The molecule has 0 spiro atoms. The molecule has 0 radical (unpaired) electrons. The van der Waals surface area contributed by atoms with Crippen molar-refractivity contribution < 1.29 is 23.1 Å². The Morgan fingerprint density at radius 1 is 1.20 bits per heavy atom. The van der Waals surface area contributed by atoms with Crippen LogP contribution >= 0.6 is 11.6 Å². The molecule has 1 aliphatic rings. The number of hydrogen-bond donors (Lipinski definition) is 2. The summed E-state index contributed by atoms with van der Waals surface area (Å²) in [4.78, 5) is 14.9. The number of halogens is 3. The van der Waals surface area contributed by atoms with E-state index in [0.29, 0.717) is 16.0 Å². The third-order valence-corrected chi connectivity index (χ3v) is 6.77. The van der Waals surface area contributed by atoms with E-state index in [1.807, 2.05) is 6.07 Å². The second-order valence-electron chi connectivity index (χ2n) is 8.99. The normalized spacial score (nSPS) is 16.7. The summed E-state index contributed by atoms with van der Waals surface area (Å²) < 4.78 is 37.3. The van der Waals surface area contributed by atoms with E-state index in [1.54, 1.807) is 30.1 Å². The van der Waals surface area contributed by atoms with Crippen LogP contribution in [0.1, 0.15) is 30.3 Å². The fourth-order valence-electron chi connectivity index (χ4n) is 4.59. The molecule has 5 rings (SSSR count). The lowest BCUT2D eigenvalue weighted by atomic mass is 10.00. The fraction of sp³-hybridized carbons (Fsp3) is 0.360. The minimum atomic E-state index is -3.94. The Balaban J connectivity index is 1.42. The number of carbonyl (C=O) groups is 1. The van der Waals surface area contributed by atoms with Crippen LogP contribution < -0.4 is 5.32 Å². The molecule has 0 saturated carbocycles. The molecule has 1 amide bonds. The standard InChI is InChI=1S/C25H25ClF2N4O3/c1-31-20-11-15(4-5-16(20)13-29-31)23(33)19(14-32-8-2-3-9-32)30-24(34)25(27,28)22-12-17-10-18(26)6-7-21(17)35-22/h4-7,10-13,19,23,33H,2-3,8-9,14H2,1H3,(H,30,34)/t19-,23-/m1/s1. The van der Waals surface area contributed by atoms with E-state index < -0.39 is 29.7 Å². The second kappa shape index (κ2) is 9.22. The number of benzene rings is 2.